The van der Waals surface area contributed by atoms with Crippen molar-refractivity contribution < 1.29 is 4.79 Å². The van der Waals surface area contributed by atoms with Crippen LogP contribution >= 0.6 is 0 Å². The molecule has 0 aromatic carbocycles. The number of nitrogens with one attached hydrogen (secondary N) is 1. The Morgan fingerprint density at radius 3 is 2.47 bits per heavy atom. The quantitative estimate of drug-likeness (QED) is 0.728. The van der Waals surface area contributed by atoms with Gasteiger partial charge in [-0.15, -0.1) is 0 Å². The molecule has 100 valence electrons. The molecule has 4 heteroatoms. The monoisotopic (exact) mass is 241 g/mol. The number of nitrogens with two attached hydrogens (primary N) is 1. The molecule has 0 spiro atoms. The lowest BCUT2D eigenvalue weighted by atomic mass is 9.95. The Bertz CT molecular complexity index is 256. The average molecular weight is 241 g/mol. The molecule has 0 aromatic heterocycles. The number of carbonyl (C=O) groups is 1. The summed E-state index contributed by atoms with van der Waals surface area (Å²) < 4.78 is 0. The van der Waals surface area contributed by atoms with Crippen molar-refractivity contribution in [1.29, 1.82) is 0 Å². The summed E-state index contributed by atoms with van der Waals surface area (Å²) in [5.41, 5.74) is 6.00. The van der Waals surface area contributed by atoms with Crippen LogP contribution in [-0.2, 0) is 4.79 Å². The van der Waals surface area contributed by atoms with Gasteiger partial charge in [0.2, 0.25) is 5.91 Å². The van der Waals surface area contributed by atoms with Gasteiger partial charge < -0.3 is 16.0 Å². The minimum absolute atomic E-state index is 0.142. The highest BCUT2D eigenvalue weighted by Gasteiger charge is 2.26. The van der Waals surface area contributed by atoms with Crippen LogP contribution in [-0.4, -0.2) is 43.0 Å². The van der Waals surface area contributed by atoms with Gasteiger partial charge in [-0.2, -0.15) is 0 Å². The van der Waals surface area contributed by atoms with Gasteiger partial charge in [0.15, 0.2) is 0 Å². The van der Waals surface area contributed by atoms with E-state index < -0.39 is 0 Å². The number of rotatable bonds is 6. The highest BCUT2D eigenvalue weighted by molar-refractivity contribution is 5.77. The van der Waals surface area contributed by atoms with Crippen LogP contribution in [0.3, 0.4) is 0 Å². The molecule has 4 nitrogen and oxygen atoms in total. The van der Waals surface area contributed by atoms with Crippen molar-refractivity contribution >= 4 is 5.91 Å². The summed E-state index contributed by atoms with van der Waals surface area (Å²) in [5.74, 6) is 0.142. The number of carbonyl (C=O) groups excluding carboxylic acids is 1. The summed E-state index contributed by atoms with van der Waals surface area (Å²) in [4.78, 5) is 13.9. The van der Waals surface area contributed by atoms with Gasteiger partial charge in [0.05, 0.1) is 0 Å². The predicted octanol–water partition coefficient (Wildman–Crippen LogP) is 0.960. The van der Waals surface area contributed by atoms with Gasteiger partial charge in [-0.3, -0.25) is 4.79 Å². The zero-order valence-electron chi connectivity index (χ0n) is 11.6. The Balaban J connectivity index is 2.37. The van der Waals surface area contributed by atoms with Crippen molar-refractivity contribution in [2.24, 2.45) is 11.1 Å². The summed E-state index contributed by atoms with van der Waals surface area (Å²) >= 11 is 0. The van der Waals surface area contributed by atoms with Crippen molar-refractivity contribution in [2.75, 3.05) is 20.1 Å². The second-order valence-corrected chi connectivity index (χ2v) is 6.41. The number of nitrogens with zero attached hydrogens (tertiary/aromatic N) is 1. The van der Waals surface area contributed by atoms with Crippen molar-refractivity contribution in [3.05, 3.63) is 0 Å². The van der Waals surface area contributed by atoms with E-state index in [9.17, 15) is 4.79 Å². The molecule has 0 radical (unpaired) electrons. The zero-order valence-corrected chi connectivity index (χ0v) is 11.6. The second-order valence-electron chi connectivity index (χ2n) is 6.41. The molecule has 0 aromatic rings. The Kier molecular flexibility index (Phi) is 4.95. The van der Waals surface area contributed by atoms with Crippen LogP contribution in [0, 0.1) is 5.41 Å². The molecule has 0 heterocycles. The predicted molar refractivity (Wildman–Crippen MR) is 70.7 cm³/mol. The third-order valence-electron chi connectivity index (χ3n) is 2.98. The van der Waals surface area contributed by atoms with E-state index in [1.807, 2.05) is 7.05 Å². The highest BCUT2D eigenvalue weighted by atomic mass is 16.1. The van der Waals surface area contributed by atoms with Crippen LogP contribution in [0.5, 0.6) is 0 Å². The molecule has 1 unspecified atom stereocenters. The van der Waals surface area contributed by atoms with Gasteiger partial charge in [-0.25, -0.2) is 0 Å². The summed E-state index contributed by atoms with van der Waals surface area (Å²) in [7, 11) is 2.05. The van der Waals surface area contributed by atoms with E-state index in [4.69, 9.17) is 5.73 Å². The van der Waals surface area contributed by atoms with Crippen LogP contribution in [0.2, 0.25) is 0 Å². The molecule has 1 saturated carbocycles. The van der Waals surface area contributed by atoms with Crippen LogP contribution < -0.4 is 11.1 Å². The summed E-state index contributed by atoms with van der Waals surface area (Å²) in [6, 6.07) is 0.585. The summed E-state index contributed by atoms with van der Waals surface area (Å²) in [6.07, 6.45) is 2.79. The molecular weight excluding hydrogens is 214 g/mol. The zero-order chi connectivity index (χ0) is 13.1. The highest BCUT2D eigenvalue weighted by Crippen LogP contribution is 2.20. The molecule has 1 aliphatic carbocycles. The SMILES string of the molecule is CN(CC(C)(C)C)C(CN)CC(=O)NC1CC1. The second kappa shape index (κ2) is 5.83. The topological polar surface area (TPSA) is 58.4 Å². The number of hydrogen-bond acceptors (Lipinski definition) is 3. The van der Waals surface area contributed by atoms with E-state index in [1.54, 1.807) is 0 Å². The first kappa shape index (κ1) is 14.5. The van der Waals surface area contributed by atoms with Gasteiger partial charge in [-0.05, 0) is 25.3 Å². The van der Waals surface area contributed by atoms with E-state index >= 15 is 0 Å². The fourth-order valence-electron chi connectivity index (χ4n) is 2.02. The lowest BCUT2D eigenvalue weighted by Gasteiger charge is -2.32. The van der Waals surface area contributed by atoms with Crippen molar-refractivity contribution in [1.82, 2.24) is 10.2 Å². The van der Waals surface area contributed by atoms with Crippen LogP contribution in [0.15, 0.2) is 0 Å². The molecule has 1 atom stereocenters. The van der Waals surface area contributed by atoms with Gasteiger partial charge in [-0.1, -0.05) is 20.8 Å². The maximum Gasteiger partial charge on any atom is 0.221 e. The number of hydrogen-bond donors (Lipinski definition) is 2. The van der Waals surface area contributed by atoms with Crippen LogP contribution in [0.4, 0.5) is 0 Å². The fourth-order valence-corrected chi connectivity index (χ4v) is 2.02. The molecule has 3 N–H and O–H groups in total. The molecule has 1 amide bonds. The smallest absolute Gasteiger partial charge is 0.221 e. The lowest BCUT2D eigenvalue weighted by Crippen LogP contribution is -2.45. The average Bonchev–Trinajstić information content (AvgIpc) is 2.94. The Morgan fingerprint density at radius 2 is 2.06 bits per heavy atom. The Labute approximate surface area is 105 Å². The van der Waals surface area contributed by atoms with Crippen molar-refractivity contribution in [2.45, 2.75) is 52.1 Å². The first-order valence-corrected chi connectivity index (χ1v) is 6.51. The van der Waals surface area contributed by atoms with Crippen molar-refractivity contribution in [3.8, 4) is 0 Å². The van der Waals surface area contributed by atoms with Gasteiger partial charge in [0.25, 0.3) is 0 Å². The van der Waals surface area contributed by atoms with E-state index in [-0.39, 0.29) is 17.4 Å². The maximum atomic E-state index is 11.7. The molecule has 0 saturated heterocycles. The first-order chi connectivity index (χ1) is 7.81. The van der Waals surface area contributed by atoms with E-state index in [2.05, 4.69) is 31.0 Å². The molecule has 0 aliphatic heterocycles. The van der Waals surface area contributed by atoms with Gasteiger partial charge >= 0.3 is 0 Å². The first-order valence-electron chi connectivity index (χ1n) is 6.51. The van der Waals surface area contributed by atoms with Crippen molar-refractivity contribution in [3.63, 3.8) is 0 Å². The van der Waals surface area contributed by atoms with E-state index in [1.165, 1.54) is 0 Å². The summed E-state index contributed by atoms with van der Waals surface area (Å²) in [5, 5.41) is 3.02. The molecule has 1 fully saturated rings. The molecule has 1 aliphatic rings. The van der Waals surface area contributed by atoms with E-state index in [0.29, 0.717) is 19.0 Å². The van der Waals surface area contributed by atoms with Gasteiger partial charge in [0.1, 0.15) is 0 Å². The maximum absolute atomic E-state index is 11.7. The minimum Gasteiger partial charge on any atom is -0.353 e. The largest absolute Gasteiger partial charge is 0.353 e. The van der Waals surface area contributed by atoms with Gasteiger partial charge in [0, 0.05) is 31.6 Å². The minimum atomic E-state index is 0.142. The molecule has 1 rings (SSSR count). The van der Waals surface area contributed by atoms with Crippen LogP contribution in [0.25, 0.3) is 0 Å². The molecular formula is C13H27N3O. The summed E-state index contributed by atoms with van der Waals surface area (Å²) in [6.45, 7) is 8.07. The molecule has 0 bridgehead atoms. The third-order valence-corrected chi connectivity index (χ3v) is 2.98. The van der Waals surface area contributed by atoms with Crippen LogP contribution in [0.1, 0.15) is 40.0 Å². The van der Waals surface area contributed by atoms with E-state index in [0.717, 1.165) is 19.4 Å². The number of amides is 1. The standard InChI is InChI=1S/C13H27N3O/c1-13(2,3)9-16(4)11(8-14)7-12(17)15-10-5-6-10/h10-11H,5-9,14H2,1-4H3,(H,15,17). The third kappa shape index (κ3) is 6.03. The lowest BCUT2D eigenvalue weighted by molar-refractivity contribution is -0.122. The Hall–Kier alpha value is -0.610. The molecule has 17 heavy (non-hydrogen) atoms. The Morgan fingerprint density at radius 1 is 1.47 bits per heavy atom. The number of likely N-dealkylation sites (N-methyl/N-ethyl adjacent to an activating group) is 1. The normalized spacial score (nSPS) is 18.2. The fraction of sp³-hybridized carbons (Fsp3) is 0.923.